The largest absolute Gasteiger partial charge is 0.394 e. The van der Waals surface area contributed by atoms with E-state index < -0.39 is 97.8 Å². The molecule has 3 aromatic heterocycles. The van der Waals surface area contributed by atoms with Crippen molar-refractivity contribution in [2.75, 3.05) is 37.0 Å². The van der Waals surface area contributed by atoms with E-state index in [0.29, 0.717) is 0 Å². The van der Waals surface area contributed by atoms with Gasteiger partial charge in [0, 0.05) is 12.6 Å². The van der Waals surface area contributed by atoms with Crippen LogP contribution in [0.4, 0.5) is 17.7 Å². The van der Waals surface area contributed by atoms with Crippen molar-refractivity contribution in [2.45, 2.75) is 73.9 Å². The Morgan fingerprint density at radius 1 is 0.640 bits per heavy atom. The molecule has 6 heterocycles. The van der Waals surface area contributed by atoms with Gasteiger partial charge < -0.3 is 72.3 Å². The molecule has 3 aliphatic heterocycles. The highest BCUT2D eigenvalue weighted by Gasteiger charge is 2.45. The van der Waals surface area contributed by atoms with Gasteiger partial charge in [0.2, 0.25) is 11.9 Å². The van der Waals surface area contributed by atoms with E-state index in [2.05, 4.69) is 24.9 Å². The van der Waals surface area contributed by atoms with Gasteiger partial charge in [0.05, 0.1) is 25.9 Å². The number of nitrogens with zero attached hydrogens (tertiary/aromatic N) is 8. The Bertz CT molecular complexity index is 1670. The number of aliphatic hydroxyl groups is 8. The fraction of sp³-hybridized carbons (Fsp3) is 0.600. The molecule has 25 nitrogen and oxygen atoms in total. The smallest absolute Gasteiger partial charge is 0.354 e. The summed E-state index contributed by atoms with van der Waals surface area (Å²) in [6.07, 6.45) is -7.68. The summed E-state index contributed by atoms with van der Waals surface area (Å²) >= 11 is 0. The van der Waals surface area contributed by atoms with Gasteiger partial charge in [-0.05, 0) is 6.07 Å². The molecule has 14 N–H and O–H groups in total. The van der Waals surface area contributed by atoms with E-state index in [0.717, 1.165) is 20.0 Å². The predicted octanol–water partition coefficient (Wildman–Crippen LogP) is -7.87. The normalized spacial score (nSPS) is 31.8. The van der Waals surface area contributed by atoms with Crippen molar-refractivity contribution in [3.05, 3.63) is 56.4 Å². The summed E-state index contributed by atoms with van der Waals surface area (Å²) in [5.74, 6) is -0.255. The number of nitrogen functional groups attached to an aromatic ring is 3. The van der Waals surface area contributed by atoms with Crippen LogP contribution in [-0.4, -0.2) is 148 Å². The first-order valence-electron chi connectivity index (χ1n) is 14.7. The number of aliphatic hydroxyl groups excluding tert-OH is 8. The second-order valence-electron chi connectivity index (χ2n) is 10.9. The summed E-state index contributed by atoms with van der Waals surface area (Å²) < 4.78 is 18.6. The minimum Gasteiger partial charge on any atom is -0.394 e. The van der Waals surface area contributed by atoms with Crippen molar-refractivity contribution in [3.63, 3.8) is 0 Å². The van der Waals surface area contributed by atoms with E-state index in [-0.39, 0.29) is 30.7 Å². The molecule has 3 aromatic rings. The van der Waals surface area contributed by atoms with Crippen LogP contribution in [-0.2, 0) is 14.2 Å². The minimum absolute atomic E-state index is 0.0537. The highest BCUT2D eigenvalue weighted by atomic mass is 16.6. The zero-order valence-corrected chi connectivity index (χ0v) is 25.8. The Hall–Kier alpha value is -4.54. The van der Waals surface area contributed by atoms with Crippen LogP contribution in [0.2, 0.25) is 0 Å². The molecule has 0 bridgehead atoms. The number of hydrogen-bond donors (Lipinski definition) is 11. The van der Waals surface area contributed by atoms with Crippen molar-refractivity contribution in [2.24, 2.45) is 0 Å². The van der Waals surface area contributed by atoms with Crippen molar-refractivity contribution in [3.8, 4) is 0 Å². The average Bonchev–Trinajstić information content (AvgIpc) is 3.69. The molecule has 25 heteroatoms. The lowest BCUT2D eigenvalue weighted by molar-refractivity contribution is -0.0554. The second-order valence-corrected chi connectivity index (χ2v) is 10.9. The predicted molar refractivity (Wildman–Crippen MR) is 162 cm³/mol. The second kappa shape index (κ2) is 16.4. The van der Waals surface area contributed by atoms with Gasteiger partial charge in [0.1, 0.15) is 67.4 Å². The van der Waals surface area contributed by atoms with Gasteiger partial charge in [-0.1, -0.05) is 0 Å². The molecule has 0 radical (unpaired) electrons. The van der Waals surface area contributed by atoms with Gasteiger partial charge in [0.25, 0.3) is 0 Å². The van der Waals surface area contributed by atoms with E-state index in [1.807, 2.05) is 0 Å². The number of rotatable bonds is 6. The monoisotopic (exact) mass is 715 g/mol. The number of nitrogens with two attached hydrogens (primary N) is 3. The standard InChI is InChI=1S/C9H13N3O5.C8H12N4O5.C8H12N4O4/c10-5-1-2-12(9(16)11-5)8-7(15)6(14)4(3-13)17-8;9-7-10-2-12(8(16)11-7)6-5(15)4(14)3(1-13)17-6;9-7-10-3-12(8(15)11-7)6-1-4(14)5(2-13)16-6/h1-2,4,6-8,13-15H,3H2,(H2,10,11,16);2-6,13-15H,1H2,(H2,9,11,16);3-6,13-14H,1-2H2,(H2,9,11,15)/t4-,6-,7+,8-;3-,4-,5-,6-;4-,5+,6+/m110/s1. The number of hydrogen-bond acceptors (Lipinski definition) is 22. The average molecular weight is 716 g/mol. The SMILES string of the molecule is Nc1ccn([C@@H]2O[C@H](CO)[C@@H](O)[C@@H]2O)c(=O)n1.Nc1ncn([C@@H]2O[C@H](CO)[C@@H](O)[C@H]2O)c(=O)n1.Nc1ncn([C@H]2C[C@H](O)[C@@H](CO)O2)c(=O)n1. The summed E-state index contributed by atoms with van der Waals surface area (Å²) in [7, 11) is 0. The summed E-state index contributed by atoms with van der Waals surface area (Å²) in [5.41, 5.74) is 13.7. The fourth-order valence-corrected chi connectivity index (χ4v) is 4.97. The molecule has 276 valence electrons. The summed E-state index contributed by atoms with van der Waals surface area (Å²) in [5, 5.41) is 74.6. The van der Waals surface area contributed by atoms with Crippen LogP contribution in [0, 0.1) is 0 Å². The van der Waals surface area contributed by atoms with Crippen LogP contribution in [0.5, 0.6) is 0 Å². The van der Waals surface area contributed by atoms with E-state index in [4.69, 9.17) is 46.7 Å². The van der Waals surface area contributed by atoms with Crippen LogP contribution < -0.4 is 34.3 Å². The van der Waals surface area contributed by atoms with Crippen molar-refractivity contribution in [1.82, 2.24) is 38.6 Å². The molecule has 0 amide bonds. The van der Waals surface area contributed by atoms with E-state index in [1.165, 1.54) is 18.6 Å². The van der Waals surface area contributed by atoms with E-state index in [9.17, 15) is 39.9 Å². The highest BCUT2D eigenvalue weighted by molar-refractivity contribution is 5.23. The minimum atomic E-state index is -1.35. The quantitative estimate of drug-likeness (QED) is 0.113. The molecule has 6 rings (SSSR count). The van der Waals surface area contributed by atoms with E-state index >= 15 is 0 Å². The zero-order chi connectivity index (χ0) is 36.9. The van der Waals surface area contributed by atoms with Crippen LogP contribution in [0.15, 0.2) is 39.3 Å². The van der Waals surface area contributed by atoms with E-state index in [1.54, 1.807) is 0 Å². The molecule has 50 heavy (non-hydrogen) atoms. The molecule has 0 aliphatic carbocycles. The molecule has 0 spiro atoms. The molecule has 3 saturated heterocycles. The third-order valence-corrected chi connectivity index (χ3v) is 7.62. The summed E-state index contributed by atoms with van der Waals surface area (Å²) in [4.78, 5) is 52.0. The highest BCUT2D eigenvalue weighted by Crippen LogP contribution is 2.29. The van der Waals surface area contributed by atoms with Gasteiger partial charge in [0.15, 0.2) is 12.5 Å². The molecule has 3 fully saturated rings. The number of aromatic nitrogens is 8. The molecule has 0 aromatic carbocycles. The zero-order valence-electron chi connectivity index (χ0n) is 25.8. The molecule has 0 unspecified atom stereocenters. The first-order chi connectivity index (χ1) is 23.7. The van der Waals surface area contributed by atoms with Crippen molar-refractivity contribution in [1.29, 1.82) is 0 Å². The Balaban J connectivity index is 0.000000169. The lowest BCUT2D eigenvalue weighted by Gasteiger charge is -2.16. The Morgan fingerprint density at radius 3 is 1.52 bits per heavy atom. The number of anilines is 3. The maximum Gasteiger partial charge on any atom is 0.354 e. The molecule has 11 atom stereocenters. The topological polar surface area (TPSA) is 398 Å². The van der Waals surface area contributed by atoms with Crippen molar-refractivity contribution >= 4 is 17.7 Å². The maximum atomic E-state index is 11.5. The van der Waals surface area contributed by atoms with Crippen molar-refractivity contribution < 1.29 is 55.1 Å². The molecular weight excluding hydrogens is 678 g/mol. The van der Waals surface area contributed by atoms with Crippen LogP contribution >= 0.6 is 0 Å². The first-order valence-corrected chi connectivity index (χ1v) is 14.7. The Labute approximate surface area is 279 Å². The lowest BCUT2D eigenvalue weighted by Crippen LogP contribution is -2.36. The van der Waals surface area contributed by atoms with Gasteiger partial charge in [-0.15, -0.1) is 0 Å². The van der Waals surface area contributed by atoms with Gasteiger partial charge in [-0.25, -0.2) is 24.4 Å². The van der Waals surface area contributed by atoms with Gasteiger partial charge in [-0.2, -0.15) is 15.0 Å². The third kappa shape index (κ3) is 8.42. The van der Waals surface area contributed by atoms with Crippen LogP contribution in [0.1, 0.15) is 25.1 Å². The first kappa shape index (κ1) is 38.3. The number of ether oxygens (including phenoxy) is 3. The fourth-order valence-electron chi connectivity index (χ4n) is 4.97. The third-order valence-electron chi connectivity index (χ3n) is 7.62. The Morgan fingerprint density at radius 2 is 1.10 bits per heavy atom. The summed E-state index contributed by atoms with van der Waals surface area (Å²) in [6.45, 7) is -1.23. The maximum absolute atomic E-state index is 11.5. The lowest BCUT2D eigenvalue weighted by atomic mass is 10.1. The van der Waals surface area contributed by atoms with Gasteiger partial charge in [-0.3, -0.25) is 13.7 Å². The van der Waals surface area contributed by atoms with Gasteiger partial charge >= 0.3 is 17.1 Å². The van der Waals surface area contributed by atoms with Crippen LogP contribution in [0.25, 0.3) is 0 Å². The molecule has 0 saturated carbocycles. The molecule has 3 aliphatic rings. The summed E-state index contributed by atoms with van der Waals surface area (Å²) in [6, 6.07) is 1.37. The Kier molecular flexibility index (Phi) is 12.6. The molecular formula is C25H37N11O14. The van der Waals surface area contributed by atoms with Crippen LogP contribution in [0.3, 0.4) is 0 Å².